The summed E-state index contributed by atoms with van der Waals surface area (Å²) in [5.41, 5.74) is 0. The fourth-order valence-corrected chi connectivity index (χ4v) is 2.44. The van der Waals surface area contributed by atoms with Gasteiger partial charge in [0, 0.05) is 0 Å². The predicted octanol–water partition coefficient (Wildman–Crippen LogP) is -1.37. The largest absolute Gasteiger partial charge is 1.00 e. The smallest absolute Gasteiger partial charge is 0.744 e. The van der Waals surface area contributed by atoms with Crippen LogP contribution in [0.25, 0.3) is 0 Å². The van der Waals surface area contributed by atoms with Crippen molar-refractivity contribution in [1.29, 1.82) is 0 Å². The molecule has 0 fully saturated rings. The molecule has 0 radical (unpaired) electrons. The zero-order valence-electron chi connectivity index (χ0n) is 11.3. The van der Waals surface area contributed by atoms with E-state index in [2.05, 4.69) is 0 Å². The zero-order valence-corrected chi connectivity index (χ0v) is 15.0. The second-order valence-corrected chi connectivity index (χ2v) is 6.78. The maximum Gasteiger partial charge on any atom is 1.00 e. The van der Waals surface area contributed by atoms with Crippen molar-refractivity contribution in [2.45, 2.75) is 9.79 Å². The Morgan fingerprint density at radius 2 is 1.14 bits per heavy atom. The Labute approximate surface area is 149 Å². The molecule has 0 atom stereocenters. The van der Waals surface area contributed by atoms with Gasteiger partial charge in [0.05, 0.1) is 9.79 Å². The van der Waals surface area contributed by atoms with Gasteiger partial charge < -0.3 is 9.29 Å². The summed E-state index contributed by atoms with van der Waals surface area (Å²) in [7, 11) is -8.79. The fraction of sp³-hybridized carbons (Fsp3) is 0. The van der Waals surface area contributed by atoms with Crippen LogP contribution in [0.1, 0.15) is 0 Å². The van der Waals surface area contributed by atoms with E-state index in [-0.39, 0.29) is 50.8 Å². The van der Waals surface area contributed by atoms with Crippen LogP contribution in [0.5, 0.6) is 11.5 Å². The van der Waals surface area contributed by atoms with E-state index in [0.717, 1.165) is 24.3 Å². The number of rotatable bonds is 4. The van der Waals surface area contributed by atoms with E-state index >= 15 is 0 Å². The molecule has 0 spiro atoms. The van der Waals surface area contributed by atoms with Crippen LogP contribution in [0.4, 0.5) is 0 Å². The summed E-state index contributed by atoms with van der Waals surface area (Å²) >= 11 is 0. The fourth-order valence-electron chi connectivity index (χ4n) is 1.49. The molecule has 0 amide bonds. The van der Waals surface area contributed by atoms with Gasteiger partial charge in [-0.25, -0.2) is 8.42 Å². The van der Waals surface area contributed by atoms with Gasteiger partial charge in [-0.15, -0.1) is 0 Å². The molecule has 7 nitrogen and oxygen atoms in total. The Morgan fingerprint density at radius 3 is 1.45 bits per heavy atom. The number of hydrogen-bond donors (Lipinski definition) is 1. The second-order valence-electron chi connectivity index (χ2n) is 3.97. The van der Waals surface area contributed by atoms with Crippen LogP contribution < -0.4 is 34.3 Å². The third-order valence-corrected chi connectivity index (χ3v) is 4.19. The summed E-state index contributed by atoms with van der Waals surface area (Å²) < 4.78 is 68.2. The van der Waals surface area contributed by atoms with Gasteiger partial charge in [-0.3, -0.25) is 4.55 Å². The van der Waals surface area contributed by atoms with Crippen LogP contribution in [-0.4, -0.2) is 25.9 Å². The minimum Gasteiger partial charge on any atom is -0.744 e. The molecular weight excluding hydrogens is 343 g/mol. The first-order valence-electron chi connectivity index (χ1n) is 5.48. The molecule has 22 heavy (non-hydrogen) atoms. The van der Waals surface area contributed by atoms with Gasteiger partial charge in [0.15, 0.2) is 0 Å². The Balaban J connectivity index is 0.00000242. The van der Waals surface area contributed by atoms with Crippen molar-refractivity contribution in [3.63, 3.8) is 0 Å². The third-order valence-electron chi connectivity index (χ3n) is 2.47. The van der Waals surface area contributed by atoms with Crippen molar-refractivity contribution in [3.05, 3.63) is 48.5 Å². The van der Waals surface area contributed by atoms with Crippen LogP contribution in [0, 0.1) is 0 Å². The molecule has 2 rings (SSSR count). The molecule has 0 aliphatic rings. The first kappa shape index (κ1) is 19.1. The first-order chi connectivity index (χ1) is 9.66. The van der Waals surface area contributed by atoms with Crippen LogP contribution >= 0.6 is 0 Å². The number of hydrogen-bond acceptors (Lipinski definition) is 6. The molecule has 2 aromatic carbocycles. The molecule has 2 aromatic rings. The van der Waals surface area contributed by atoms with Crippen LogP contribution in [-0.2, 0) is 20.2 Å². The van der Waals surface area contributed by atoms with Crippen molar-refractivity contribution in [2.75, 3.05) is 0 Å². The van der Waals surface area contributed by atoms with Gasteiger partial charge in [-0.05, 0) is 48.5 Å². The summed E-state index contributed by atoms with van der Waals surface area (Å²) in [4.78, 5) is -0.654. The van der Waals surface area contributed by atoms with Crippen molar-refractivity contribution in [2.24, 2.45) is 0 Å². The van der Waals surface area contributed by atoms with E-state index in [0.29, 0.717) is 0 Å². The monoisotopic (exact) mass is 352 g/mol. The van der Waals surface area contributed by atoms with Gasteiger partial charge >= 0.3 is 29.6 Å². The van der Waals surface area contributed by atoms with Gasteiger partial charge in [0.1, 0.15) is 21.6 Å². The minimum atomic E-state index is -4.51. The molecule has 10 heteroatoms. The first-order valence-corrected chi connectivity index (χ1v) is 8.32. The third kappa shape index (κ3) is 5.06. The summed E-state index contributed by atoms with van der Waals surface area (Å²) in [6.45, 7) is 0. The van der Waals surface area contributed by atoms with Gasteiger partial charge in [0.2, 0.25) is 0 Å². The molecular formula is C12H9NaO7S2. The molecule has 0 bridgehead atoms. The summed E-state index contributed by atoms with van der Waals surface area (Å²) in [6, 6.07) is 9.74. The molecule has 0 aliphatic carbocycles. The minimum absolute atomic E-state index is 0. The summed E-state index contributed by atoms with van der Waals surface area (Å²) in [5, 5.41) is 0. The standard InChI is InChI=1S/C12H10O7S2.Na/c13-20(14,15)11-5-1-9(2-6-11)19-10-3-7-12(8-4-10)21(16,17)18;/h1-8H,(H,13,14,15)(H,16,17,18);/q;+1/p-1. The molecule has 112 valence electrons. The number of ether oxygens (including phenoxy) is 1. The van der Waals surface area contributed by atoms with E-state index < -0.39 is 20.2 Å². The second kappa shape index (κ2) is 7.09. The molecule has 0 aromatic heterocycles. The van der Waals surface area contributed by atoms with E-state index in [4.69, 9.17) is 9.29 Å². The molecule has 0 saturated heterocycles. The zero-order chi connectivity index (χ0) is 15.7. The topological polar surface area (TPSA) is 121 Å². The maximum absolute atomic E-state index is 10.9. The van der Waals surface area contributed by atoms with E-state index in [1.807, 2.05) is 0 Å². The molecule has 1 N–H and O–H groups in total. The van der Waals surface area contributed by atoms with Crippen molar-refractivity contribution in [1.82, 2.24) is 0 Å². The van der Waals surface area contributed by atoms with Crippen LogP contribution in [0.15, 0.2) is 58.3 Å². The normalized spacial score (nSPS) is 11.5. The molecule has 0 heterocycles. The Bertz CT molecular complexity index is 768. The van der Waals surface area contributed by atoms with E-state index in [1.54, 1.807) is 0 Å². The molecule has 0 saturated carbocycles. The van der Waals surface area contributed by atoms with Crippen molar-refractivity contribution >= 4 is 20.2 Å². The van der Waals surface area contributed by atoms with Gasteiger partial charge in [-0.2, -0.15) is 8.42 Å². The summed E-state index contributed by atoms with van der Waals surface area (Å²) in [6.07, 6.45) is 0. The van der Waals surface area contributed by atoms with Crippen molar-refractivity contribution in [3.8, 4) is 11.5 Å². The quantitative estimate of drug-likeness (QED) is 0.532. The Hall–Kier alpha value is -0.940. The summed E-state index contributed by atoms with van der Waals surface area (Å²) in [5.74, 6) is 0.544. The predicted molar refractivity (Wildman–Crippen MR) is 70.7 cm³/mol. The van der Waals surface area contributed by atoms with E-state index in [9.17, 15) is 21.4 Å². The molecule has 0 unspecified atom stereocenters. The van der Waals surface area contributed by atoms with Crippen molar-refractivity contribution < 1.29 is 60.2 Å². The molecule has 0 aliphatic heterocycles. The van der Waals surface area contributed by atoms with Gasteiger partial charge in [-0.1, -0.05) is 0 Å². The SMILES string of the molecule is O=S(=O)([O-])c1ccc(Oc2ccc(S(=O)(=O)O)cc2)cc1.[Na+]. The van der Waals surface area contributed by atoms with Crippen LogP contribution in [0.3, 0.4) is 0 Å². The average Bonchev–Trinajstić information content (AvgIpc) is 2.38. The van der Waals surface area contributed by atoms with Crippen LogP contribution in [0.2, 0.25) is 0 Å². The average molecular weight is 352 g/mol. The van der Waals surface area contributed by atoms with E-state index in [1.165, 1.54) is 24.3 Å². The number of benzene rings is 2. The Kier molecular flexibility index (Phi) is 6.16. The Morgan fingerprint density at radius 1 is 0.773 bits per heavy atom. The van der Waals surface area contributed by atoms with Gasteiger partial charge in [0.25, 0.3) is 10.1 Å². The maximum atomic E-state index is 10.9.